The van der Waals surface area contributed by atoms with Gasteiger partial charge in [-0.25, -0.2) is 10.8 Å². The summed E-state index contributed by atoms with van der Waals surface area (Å²) in [4.78, 5) is 10.5. The lowest BCUT2D eigenvalue weighted by molar-refractivity contribution is 0.936. The van der Waals surface area contributed by atoms with Gasteiger partial charge in [-0.2, -0.15) is 4.98 Å². The maximum absolute atomic E-state index is 5.41. The number of aromatic nitrogens is 2. The highest BCUT2D eigenvalue weighted by atomic mass is 15.3. The summed E-state index contributed by atoms with van der Waals surface area (Å²) in [6.07, 6.45) is 0.874. The molecule has 0 aliphatic rings. The van der Waals surface area contributed by atoms with Gasteiger partial charge in [-0.3, -0.25) is 0 Å². The van der Waals surface area contributed by atoms with E-state index in [9.17, 15) is 0 Å². The Morgan fingerprint density at radius 2 is 2.00 bits per heavy atom. The van der Waals surface area contributed by atoms with Crippen LogP contribution < -0.4 is 16.2 Å². The molecule has 0 saturated carbocycles. The second kappa shape index (κ2) is 4.23. The molecular formula is C9H17N5. The van der Waals surface area contributed by atoms with Gasteiger partial charge in [-0.15, -0.1) is 0 Å². The predicted octanol–water partition coefficient (Wildman–Crippen LogP) is 0.699. The Kier molecular flexibility index (Phi) is 3.24. The molecule has 14 heavy (non-hydrogen) atoms. The highest BCUT2D eigenvalue weighted by molar-refractivity contribution is 5.49. The number of hydrazine groups is 1. The van der Waals surface area contributed by atoms with Gasteiger partial charge in [0, 0.05) is 25.4 Å². The molecule has 3 N–H and O–H groups in total. The van der Waals surface area contributed by atoms with Crippen molar-refractivity contribution >= 4 is 11.8 Å². The van der Waals surface area contributed by atoms with Gasteiger partial charge in [0.15, 0.2) is 0 Å². The van der Waals surface area contributed by atoms with Gasteiger partial charge in [-0.05, 0) is 13.3 Å². The Morgan fingerprint density at radius 1 is 1.36 bits per heavy atom. The Morgan fingerprint density at radius 3 is 2.43 bits per heavy atom. The zero-order valence-corrected chi connectivity index (χ0v) is 9.13. The summed E-state index contributed by atoms with van der Waals surface area (Å²) in [5.41, 5.74) is 4.64. The van der Waals surface area contributed by atoms with Crippen molar-refractivity contribution in [2.24, 2.45) is 5.84 Å². The SMILES string of the molecule is CCc1c(C)nc(N(C)C)nc1NN. The van der Waals surface area contributed by atoms with E-state index in [1.807, 2.05) is 25.9 Å². The van der Waals surface area contributed by atoms with E-state index < -0.39 is 0 Å². The summed E-state index contributed by atoms with van der Waals surface area (Å²) in [7, 11) is 3.81. The van der Waals surface area contributed by atoms with Crippen molar-refractivity contribution in [3.05, 3.63) is 11.3 Å². The van der Waals surface area contributed by atoms with Crippen molar-refractivity contribution in [3.8, 4) is 0 Å². The van der Waals surface area contributed by atoms with Crippen LogP contribution in [0.15, 0.2) is 0 Å². The summed E-state index contributed by atoms with van der Waals surface area (Å²) in [6.45, 7) is 4.02. The molecule has 0 saturated heterocycles. The predicted molar refractivity (Wildman–Crippen MR) is 58.3 cm³/mol. The highest BCUT2D eigenvalue weighted by Crippen LogP contribution is 2.18. The second-order valence-corrected chi connectivity index (χ2v) is 3.33. The summed E-state index contributed by atoms with van der Waals surface area (Å²) >= 11 is 0. The van der Waals surface area contributed by atoms with Crippen LogP contribution in [0.3, 0.4) is 0 Å². The van der Waals surface area contributed by atoms with E-state index in [1.54, 1.807) is 0 Å². The monoisotopic (exact) mass is 195 g/mol. The maximum Gasteiger partial charge on any atom is 0.227 e. The number of nitrogens with zero attached hydrogens (tertiary/aromatic N) is 3. The number of nitrogens with two attached hydrogens (primary N) is 1. The fourth-order valence-corrected chi connectivity index (χ4v) is 1.32. The van der Waals surface area contributed by atoms with E-state index in [2.05, 4.69) is 22.3 Å². The summed E-state index contributed by atoms with van der Waals surface area (Å²) in [5, 5.41) is 0. The van der Waals surface area contributed by atoms with E-state index >= 15 is 0 Å². The van der Waals surface area contributed by atoms with Gasteiger partial charge in [0.05, 0.1) is 0 Å². The molecule has 0 radical (unpaired) electrons. The van der Waals surface area contributed by atoms with Crippen LogP contribution in [0, 0.1) is 6.92 Å². The summed E-state index contributed by atoms with van der Waals surface area (Å²) < 4.78 is 0. The van der Waals surface area contributed by atoms with Gasteiger partial charge in [-0.1, -0.05) is 6.92 Å². The lowest BCUT2D eigenvalue weighted by Gasteiger charge is -2.15. The second-order valence-electron chi connectivity index (χ2n) is 3.33. The Bertz CT molecular complexity index is 321. The summed E-state index contributed by atoms with van der Waals surface area (Å²) in [6, 6.07) is 0. The largest absolute Gasteiger partial charge is 0.347 e. The number of nitrogens with one attached hydrogen (secondary N) is 1. The van der Waals surface area contributed by atoms with Crippen molar-refractivity contribution < 1.29 is 0 Å². The molecule has 1 rings (SSSR count). The van der Waals surface area contributed by atoms with Crippen LogP contribution in [0.4, 0.5) is 11.8 Å². The third-order valence-electron chi connectivity index (χ3n) is 2.09. The van der Waals surface area contributed by atoms with Crippen LogP contribution in [-0.4, -0.2) is 24.1 Å². The van der Waals surface area contributed by atoms with E-state index in [0.29, 0.717) is 11.8 Å². The van der Waals surface area contributed by atoms with Gasteiger partial charge in [0.25, 0.3) is 0 Å². The van der Waals surface area contributed by atoms with Crippen LogP contribution in [-0.2, 0) is 6.42 Å². The highest BCUT2D eigenvalue weighted by Gasteiger charge is 2.09. The van der Waals surface area contributed by atoms with Crippen LogP contribution in [0.1, 0.15) is 18.2 Å². The number of rotatable bonds is 3. The number of aryl methyl sites for hydroxylation is 1. The number of hydrogen-bond donors (Lipinski definition) is 2. The minimum absolute atomic E-state index is 0.674. The summed E-state index contributed by atoms with van der Waals surface area (Å²) in [5.74, 6) is 6.79. The molecular weight excluding hydrogens is 178 g/mol. The molecule has 1 heterocycles. The quantitative estimate of drug-likeness (QED) is 0.549. The Balaban J connectivity index is 3.24. The minimum atomic E-state index is 0.674. The first-order valence-electron chi connectivity index (χ1n) is 4.61. The van der Waals surface area contributed by atoms with Crippen LogP contribution >= 0.6 is 0 Å². The molecule has 0 aliphatic carbocycles. The maximum atomic E-state index is 5.41. The van der Waals surface area contributed by atoms with Gasteiger partial charge < -0.3 is 10.3 Å². The molecule has 0 amide bonds. The van der Waals surface area contributed by atoms with Crippen molar-refractivity contribution in [2.75, 3.05) is 24.4 Å². The lowest BCUT2D eigenvalue weighted by atomic mass is 10.2. The molecule has 0 aromatic carbocycles. The van der Waals surface area contributed by atoms with Gasteiger partial charge in [0.1, 0.15) is 5.82 Å². The van der Waals surface area contributed by atoms with E-state index in [0.717, 1.165) is 17.7 Å². The van der Waals surface area contributed by atoms with E-state index in [1.165, 1.54) is 0 Å². The zero-order chi connectivity index (χ0) is 10.7. The van der Waals surface area contributed by atoms with Gasteiger partial charge >= 0.3 is 0 Å². The number of nitrogen functional groups attached to an aromatic ring is 1. The molecule has 0 aliphatic heterocycles. The number of hydrogen-bond acceptors (Lipinski definition) is 5. The molecule has 0 fully saturated rings. The fraction of sp³-hybridized carbons (Fsp3) is 0.556. The van der Waals surface area contributed by atoms with Crippen molar-refractivity contribution in [1.29, 1.82) is 0 Å². The first-order valence-corrected chi connectivity index (χ1v) is 4.61. The molecule has 78 valence electrons. The molecule has 5 nitrogen and oxygen atoms in total. The zero-order valence-electron chi connectivity index (χ0n) is 9.13. The Hall–Kier alpha value is -1.36. The smallest absolute Gasteiger partial charge is 0.227 e. The average molecular weight is 195 g/mol. The minimum Gasteiger partial charge on any atom is -0.347 e. The number of anilines is 2. The molecule has 0 bridgehead atoms. The van der Waals surface area contributed by atoms with Crippen LogP contribution in [0.2, 0.25) is 0 Å². The van der Waals surface area contributed by atoms with Gasteiger partial charge in [0.2, 0.25) is 5.95 Å². The average Bonchev–Trinajstić information content (AvgIpc) is 2.16. The van der Waals surface area contributed by atoms with E-state index in [4.69, 9.17) is 5.84 Å². The van der Waals surface area contributed by atoms with E-state index in [-0.39, 0.29) is 0 Å². The van der Waals surface area contributed by atoms with Crippen LogP contribution in [0.25, 0.3) is 0 Å². The third-order valence-corrected chi connectivity index (χ3v) is 2.09. The van der Waals surface area contributed by atoms with Crippen molar-refractivity contribution in [3.63, 3.8) is 0 Å². The van der Waals surface area contributed by atoms with Crippen molar-refractivity contribution in [2.45, 2.75) is 20.3 Å². The molecule has 0 spiro atoms. The Labute approximate surface area is 84.3 Å². The molecule has 1 aromatic heterocycles. The first kappa shape index (κ1) is 10.7. The topological polar surface area (TPSA) is 67.1 Å². The molecule has 0 atom stereocenters. The van der Waals surface area contributed by atoms with Crippen molar-refractivity contribution in [1.82, 2.24) is 9.97 Å². The lowest BCUT2D eigenvalue weighted by Crippen LogP contribution is -2.18. The molecule has 5 heteroatoms. The molecule has 1 aromatic rings. The normalized spacial score (nSPS) is 10.1. The first-order chi connectivity index (χ1) is 6.60. The fourth-order valence-electron chi connectivity index (χ4n) is 1.32. The molecule has 0 unspecified atom stereocenters. The standard InChI is InChI=1S/C9H17N5/c1-5-7-6(2)11-9(14(3)4)12-8(7)13-10/h5,10H2,1-4H3,(H,11,12,13). The van der Waals surface area contributed by atoms with Crippen LogP contribution in [0.5, 0.6) is 0 Å². The third kappa shape index (κ3) is 1.93.